The van der Waals surface area contributed by atoms with Gasteiger partial charge in [-0.05, 0) is 25.5 Å². The fraction of sp³-hybridized carbons (Fsp3) is 0.353. The molecule has 1 aromatic rings. The van der Waals surface area contributed by atoms with Crippen LogP contribution in [0.25, 0.3) is 6.08 Å². The first-order valence-electron chi connectivity index (χ1n) is 8.01. The highest BCUT2D eigenvalue weighted by molar-refractivity contribution is 5.90. The number of carbonyl (C=O) groups is 3. The van der Waals surface area contributed by atoms with Gasteiger partial charge in [-0.15, -0.1) is 0 Å². The molecule has 0 atom stereocenters. The molecule has 2 amide bonds. The summed E-state index contributed by atoms with van der Waals surface area (Å²) in [6.07, 6.45) is 2.43. The molecule has 9 heteroatoms. The molecule has 0 saturated heterocycles. The third-order valence-electron chi connectivity index (χ3n) is 3.27. The average Bonchev–Trinajstić information content (AvgIpc) is 2.62. The van der Waals surface area contributed by atoms with Crippen molar-refractivity contribution in [3.63, 3.8) is 0 Å². The van der Waals surface area contributed by atoms with Crippen molar-refractivity contribution in [1.29, 1.82) is 0 Å². The predicted molar refractivity (Wildman–Crippen MR) is 94.0 cm³/mol. The highest BCUT2D eigenvalue weighted by atomic mass is 16.6. The van der Waals surface area contributed by atoms with Gasteiger partial charge >= 0.3 is 5.97 Å². The van der Waals surface area contributed by atoms with E-state index >= 15 is 0 Å². The summed E-state index contributed by atoms with van der Waals surface area (Å²) in [5, 5.41) is 13.3. The van der Waals surface area contributed by atoms with Gasteiger partial charge in [0.15, 0.2) is 6.61 Å². The minimum Gasteiger partial charge on any atom is -0.452 e. The monoisotopic (exact) mass is 363 g/mol. The molecule has 1 aromatic carbocycles. The number of ether oxygens (including phenoxy) is 1. The zero-order valence-electron chi connectivity index (χ0n) is 14.6. The van der Waals surface area contributed by atoms with E-state index in [1.807, 2.05) is 0 Å². The predicted octanol–water partition coefficient (Wildman–Crippen LogP) is 1.14. The molecular formula is C17H21N3O6. The first-order chi connectivity index (χ1) is 12.4. The van der Waals surface area contributed by atoms with E-state index in [2.05, 4.69) is 5.32 Å². The van der Waals surface area contributed by atoms with Gasteiger partial charge in [0, 0.05) is 31.3 Å². The van der Waals surface area contributed by atoms with E-state index in [9.17, 15) is 24.5 Å². The number of nitrogens with zero attached hydrogens (tertiary/aromatic N) is 2. The number of nitrogens with one attached hydrogen (secondary N) is 1. The molecule has 0 spiro atoms. The first kappa shape index (κ1) is 20.8. The van der Waals surface area contributed by atoms with E-state index in [-0.39, 0.29) is 18.1 Å². The molecular weight excluding hydrogens is 342 g/mol. The van der Waals surface area contributed by atoms with Gasteiger partial charge in [-0.25, -0.2) is 4.79 Å². The van der Waals surface area contributed by atoms with E-state index in [0.717, 1.165) is 6.08 Å². The first-order valence-corrected chi connectivity index (χ1v) is 8.01. The van der Waals surface area contributed by atoms with E-state index in [1.54, 1.807) is 19.9 Å². The van der Waals surface area contributed by atoms with Crippen molar-refractivity contribution >= 4 is 29.5 Å². The number of likely N-dealkylation sites (N-methyl/N-ethyl adjacent to an activating group) is 2. The number of hydrogen-bond acceptors (Lipinski definition) is 6. The second kappa shape index (κ2) is 10.6. The number of non-ortho nitro benzene ring substituents is 1. The summed E-state index contributed by atoms with van der Waals surface area (Å²) in [5.74, 6) is -1.55. The Bertz CT molecular complexity index is 701. The number of rotatable bonds is 9. The van der Waals surface area contributed by atoms with Crippen LogP contribution in [0.3, 0.4) is 0 Å². The zero-order valence-corrected chi connectivity index (χ0v) is 14.6. The van der Waals surface area contributed by atoms with Crippen LogP contribution >= 0.6 is 0 Å². The standard InChI is InChI=1S/C17H21N3O6/c1-3-18-15(21)11-19(4-2)16(22)12-26-17(23)9-8-13-6-5-7-14(10-13)20(24)25/h5-10H,3-4,11-12H2,1-2H3,(H,18,21)/b9-8+. The van der Waals surface area contributed by atoms with Gasteiger partial charge in [0.05, 0.1) is 11.5 Å². The van der Waals surface area contributed by atoms with E-state index in [0.29, 0.717) is 18.7 Å². The van der Waals surface area contributed by atoms with Crippen molar-refractivity contribution in [1.82, 2.24) is 10.2 Å². The summed E-state index contributed by atoms with van der Waals surface area (Å²) >= 11 is 0. The van der Waals surface area contributed by atoms with Crippen molar-refractivity contribution in [3.05, 3.63) is 46.0 Å². The molecule has 9 nitrogen and oxygen atoms in total. The average molecular weight is 363 g/mol. The van der Waals surface area contributed by atoms with Crippen LogP contribution in [-0.2, 0) is 19.1 Å². The summed E-state index contributed by atoms with van der Waals surface area (Å²) in [6, 6.07) is 5.72. The molecule has 1 rings (SSSR count). The Morgan fingerprint density at radius 3 is 2.65 bits per heavy atom. The largest absolute Gasteiger partial charge is 0.452 e. The van der Waals surface area contributed by atoms with Crippen molar-refractivity contribution in [2.45, 2.75) is 13.8 Å². The van der Waals surface area contributed by atoms with Gasteiger partial charge in [-0.3, -0.25) is 19.7 Å². The van der Waals surface area contributed by atoms with Crippen LogP contribution in [0, 0.1) is 10.1 Å². The number of amides is 2. The second-order valence-electron chi connectivity index (χ2n) is 5.15. The molecule has 0 unspecified atom stereocenters. The number of carbonyl (C=O) groups excluding carboxylic acids is 3. The Morgan fingerprint density at radius 1 is 1.31 bits per heavy atom. The number of nitro benzene ring substituents is 1. The van der Waals surface area contributed by atoms with Gasteiger partial charge in [0.25, 0.3) is 11.6 Å². The molecule has 0 aliphatic carbocycles. The smallest absolute Gasteiger partial charge is 0.331 e. The van der Waals surface area contributed by atoms with Gasteiger partial charge < -0.3 is 15.0 Å². The number of hydrogen-bond donors (Lipinski definition) is 1. The Morgan fingerprint density at radius 2 is 2.04 bits per heavy atom. The zero-order chi connectivity index (χ0) is 19.5. The lowest BCUT2D eigenvalue weighted by molar-refractivity contribution is -0.384. The Hall–Kier alpha value is -3.23. The summed E-state index contributed by atoms with van der Waals surface area (Å²) in [4.78, 5) is 46.6. The van der Waals surface area contributed by atoms with Crippen LogP contribution in [0.4, 0.5) is 5.69 Å². The molecule has 0 saturated carbocycles. The van der Waals surface area contributed by atoms with Crippen LogP contribution in [0.1, 0.15) is 19.4 Å². The second-order valence-corrected chi connectivity index (χ2v) is 5.15. The Kier molecular flexibility index (Phi) is 8.48. The maximum atomic E-state index is 12.0. The maximum Gasteiger partial charge on any atom is 0.331 e. The summed E-state index contributed by atoms with van der Waals surface area (Å²) in [6.45, 7) is 3.64. The molecule has 26 heavy (non-hydrogen) atoms. The van der Waals surface area contributed by atoms with Crippen LogP contribution in [-0.4, -0.2) is 53.8 Å². The molecule has 1 N–H and O–H groups in total. The van der Waals surface area contributed by atoms with E-state index < -0.39 is 23.4 Å². The molecule has 0 aromatic heterocycles. The van der Waals surface area contributed by atoms with Crippen molar-refractivity contribution < 1.29 is 24.0 Å². The third-order valence-corrected chi connectivity index (χ3v) is 3.27. The topological polar surface area (TPSA) is 119 Å². The minimum atomic E-state index is -0.765. The molecule has 0 heterocycles. The Labute approximate surface area is 150 Å². The summed E-state index contributed by atoms with van der Waals surface area (Å²) in [5.41, 5.74) is 0.355. The van der Waals surface area contributed by atoms with Gasteiger partial charge in [-0.2, -0.15) is 0 Å². The van der Waals surface area contributed by atoms with Gasteiger partial charge in [0.2, 0.25) is 5.91 Å². The van der Waals surface area contributed by atoms with Crippen LogP contribution in [0.2, 0.25) is 0 Å². The SMILES string of the molecule is CCNC(=O)CN(CC)C(=O)COC(=O)/C=C/c1cccc([N+](=O)[O-])c1. The lowest BCUT2D eigenvalue weighted by Crippen LogP contribution is -2.42. The molecule has 0 fully saturated rings. The van der Waals surface area contributed by atoms with E-state index in [1.165, 1.54) is 29.2 Å². The number of esters is 1. The van der Waals surface area contributed by atoms with E-state index in [4.69, 9.17) is 4.74 Å². The van der Waals surface area contributed by atoms with Gasteiger partial charge in [-0.1, -0.05) is 12.1 Å². The molecule has 0 radical (unpaired) electrons. The molecule has 0 bridgehead atoms. The van der Waals surface area contributed by atoms with Crippen molar-refractivity contribution in [2.75, 3.05) is 26.2 Å². The Balaban J connectivity index is 2.54. The highest BCUT2D eigenvalue weighted by Gasteiger charge is 2.16. The molecule has 0 aliphatic heterocycles. The summed E-state index contributed by atoms with van der Waals surface area (Å²) in [7, 11) is 0. The fourth-order valence-electron chi connectivity index (χ4n) is 1.98. The highest BCUT2D eigenvalue weighted by Crippen LogP contribution is 2.14. The van der Waals surface area contributed by atoms with Crippen LogP contribution < -0.4 is 5.32 Å². The number of benzene rings is 1. The third kappa shape index (κ3) is 7.12. The normalized spacial score (nSPS) is 10.4. The fourth-order valence-corrected chi connectivity index (χ4v) is 1.98. The maximum absolute atomic E-state index is 12.0. The summed E-state index contributed by atoms with van der Waals surface area (Å²) < 4.78 is 4.85. The quantitative estimate of drug-likeness (QED) is 0.304. The lowest BCUT2D eigenvalue weighted by Gasteiger charge is -2.19. The van der Waals surface area contributed by atoms with Crippen LogP contribution in [0.15, 0.2) is 30.3 Å². The molecule has 140 valence electrons. The van der Waals surface area contributed by atoms with Gasteiger partial charge in [0.1, 0.15) is 0 Å². The number of nitro groups is 1. The lowest BCUT2D eigenvalue weighted by atomic mass is 10.2. The van der Waals surface area contributed by atoms with Crippen molar-refractivity contribution in [2.24, 2.45) is 0 Å². The van der Waals surface area contributed by atoms with Crippen molar-refractivity contribution in [3.8, 4) is 0 Å². The van der Waals surface area contributed by atoms with Crippen LogP contribution in [0.5, 0.6) is 0 Å². The molecule has 0 aliphatic rings. The minimum absolute atomic E-state index is 0.0976.